The molecule has 0 radical (unpaired) electrons. The maximum atomic E-state index is 11.4. The molecule has 0 atom stereocenters. The quantitative estimate of drug-likeness (QED) is 0.685. The Morgan fingerprint density at radius 1 is 1.29 bits per heavy atom. The Balaban J connectivity index is 2.33. The van der Waals surface area contributed by atoms with Crippen molar-refractivity contribution in [2.75, 3.05) is 29.5 Å². The summed E-state index contributed by atoms with van der Waals surface area (Å²) in [4.78, 5) is 12.9. The van der Waals surface area contributed by atoms with Crippen molar-refractivity contribution in [1.82, 2.24) is 9.78 Å². The van der Waals surface area contributed by atoms with Gasteiger partial charge in [0.25, 0.3) is 0 Å². The summed E-state index contributed by atoms with van der Waals surface area (Å²) in [5, 5.41) is 4.19. The molecular weight excluding hydrogens is 242 g/mol. The molecule has 1 aliphatic rings. The Morgan fingerprint density at radius 3 is 2.41 bits per heavy atom. The normalized spacial score (nSPS) is 19.3. The molecule has 6 nitrogen and oxygen atoms in total. The van der Waals surface area contributed by atoms with Crippen molar-refractivity contribution in [2.45, 2.75) is 6.92 Å². The van der Waals surface area contributed by atoms with Gasteiger partial charge < -0.3 is 4.90 Å². The zero-order valence-corrected chi connectivity index (χ0v) is 10.7. The second-order valence-corrected chi connectivity index (χ2v) is 6.51. The van der Waals surface area contributed by atoms with Crippen molar-refractivity contribution in [1.29, 1.82) is 0 Å². The summed E-state index contributed by atoms with van der Waals surface area (Å²) in [5.74, 6) is 0.984. The number of hydrogen-bond acceptors (Lipinski definition) is 5. The van der Waals surface area contributed by atoms with Crippen molar-refractivity contribution < 1.29 is 13.2 Å². The van der Waals surface area contributed by atoms with E-state index in [1.54, 1.807) is 18.7 Å². The predicted octanol–water partition coefficient (Wildman–Crippen LogP) is -0.224. The molecular formula is C10H15N3O3S. The Kier molecular flexibility index (Phi) is 2.94. The van der Waals surface area contributed by atoms with E-state index in [9.17, 15) is 13.2 Å². The van der Waals surface area contributed by atoms with Gasteiger partial charge in [0.2, 0.25) is 0 Å². The molecule has 94 valence electrons. The summed E-state index contributed by atoms with van der Waals surface area (Å²) in [6.07, 6.45) is 0.779. The highest BCUT2D eigenvalue weighted by Gasteiger charge is 2.26. The monoisotopic (exact) mass is 257 g/mol. The van der Waals surface area contributed by atoms with Crippen LogP contribution in [0.15, 0.2) is 0 Å². The first kappa shape index (κ1) is 12.1. The number of aldehydes is 1. The van der Waals surface area contributed by atoms with E-state index in [1.165, 1.54) is 0 Å². The summed E-state index contributed by atoms with van der Waals surface area (Å²) in [6.45, 7) is 2.61. The van der Waals surface area contributed by atoms with E-state index >= 15 is 0 Å². The third-order valence-corrected chi connectivity index (χ3v) is 4.61. The average Bonchev–Trinajstić information content (AvgIpc) is 2.53. The molecule has 2 heterocycles. The summed E-state index contributed by atoms with van der Waals surface area (Å²) in [5.41, 5.74) is 1.22. The van der Waals surface area contributed by atoms with E-state index < -0.39 is 9.84 Å². The predicted molar refractivity (Wildman–Crippen MR) is 64.2 cm³/mol. The van der Waals surface area contributed by atoms with Crippen LogP contribution in [0.25, 0.3) is 0 Å². The second-order valence-electron chi connectivity index (χ2n) is 4.20. The molecule has 0 amide bonds. The van der Waals surface area contributed by atoms with Crippen LogP contribution in [-0.4, -0.2) is 49.1 Å². The molecule has 1 aromatic rings. The topological polar surface area (TPSA) is 72.3 Å². The Hall–Kier alpha value is -1.37. The third-order valence-electron chi connectivity index (χ3n) is 3.00. The second kappa shape index (κ2) is 4.14. The third kappa shape index (κ3) is 2.19. The molecule has 1 fully saturated rings. The number of carbonyl (C=O) groups is 1. The van der Waals surface area contributed by atoms with Gasteiger partial charge >= 0.3 is 0 Å². The van der Waals surface area contributed by atoms with Crippen molar-refractivity contribution in [3.8, 4) is 0 Å². The van der Waals surface area contributed by atoms with E-state index in [0.29, 0.717) is 30.2 Å². The molecule has 0 spiro atoms. The average molecular weight is 257 g/mol. The highest BCUT2D eigenvalue weighted by atomic mass is 32.2. The summed E-state index contributed by atoms with van der Waals surface area (Å²) >= 11 is 0. The van der Waals surface area contributed by atoms with Gasteiger partial charge in [-0.15, -0.1) is 0 Å². The molecule has 0 bridgehead atoms. The fraction of sp³-hybridized carbons (Fsp3) is 0.600. The van der Waals surface area contributed by atoms with Crippen LogP contribution in [0.5, 0.6) is 0 Å². The molecule has 17 heavy (non-hydrogen) atoms. The van der Waals surface area contributed by atoms with Crippen molar-refractivity contribution >= 4 is 21.9 Å². The van der Waals surface area contributed by atoms with E-state index in [4.69, 9.17) is 0 Å². The lowest BCUT2D eigenvalue weighted by atomic mass is 10.2. The molecule has 0 aliphatic carbocycles. The maximum absolute atomic E-state index is 11.4. The van der Waals surface area contributed by atoms with Crippen molar-refractivity contribution in [2.24, 2.45) is 7.05 Å². The van der Waals surface area contributed by atoms with Crippen LogP contribution in [-0.2, 0) is 16.9 Å². The van der Waals surface area contributed by atoms with Gasteiger partial charge in [-0.2, -0.15) is 5.10 Å². The molecule has 1 aromatic heterocycles. The molecule has 2 rings (SSSR count). The van der Waals surface area contributed by atoms with Crippen LogP contribution in [0.4, 0.5) is 5.82 Å². The summed E-state index contributed by atoms with van der Waals surface area (Å²) in [6, 6.07) is 0. The number of nitrogens with zero attached hydrogens (tertiary/aromatic N) is 3. The fourth-order valence-electron chi connectivity index (χ4n) is 2.10. The highest BCUT2D eigenvalue weighted by Crippen LogP contribution is 2.23. The molecule has 0 aromatic carbocycles. The van der Waals surface area contributed by atoms with E-state index in [1.807, 2.05) is 4.90 Å². The Labute approximate surface area is 100 Å². The summed E-state index contributed by atoms with van der Waals surface area (Å²) in [7, 11) is -1.15. The lowest BCUT2D eigenvalue weighted by Crippen LogP contribution is -2.41. The fourth-order valence-corrected chi connectivity index (χ4v) is 3.30. The molecule has 1 aliphatic heterocycles. The highest BCUT2D eigenvalue weighted by molar-refractivity contribution is 7.91. The van der Waals surface area contributed by atoms with Gasteiger partial charge in [0.1, 0.15) is 5.82 Å². The number of aryl methyl sites for hydroxylation is 2. The maximum Gasteiger partial charge on any atom is 0.155 e. The molecule has 7 heteroatoms. The first-order valence-electron chi connectivity index (χ1n) is 5.39. The largest absolute Gasteiger partial charge is 0.354 e. The number of hydrogen-bond donors (Lipinski definition) is 0. The smallest absolute Gasteiger partial charge is 0.155 e. The molecule has 1 saturated heterocycles. The van der Waals surface area contributed by atoms with Gasteiger partial charge in [-0.1, -0.05) is 0 Å². The van der Waals surface area contributed by atoms with Gasteiger partial charge in [0.05, 0.1) is 22.8 Å². The van der Waals surface area contributed by atoms with Gasteiger partial charge in [0.15, 0.2) is 16.1 Å². The molecule has 0 unspecified atom stereocenters. The van der Waals surface area contributed by atoms with E-state index in [0.717, 1.165) is 6.29 Å². The van der Waals surface area contributed by atoms with Crippen molar-refractivity contribution in [3.05, 3.63) is 11.3 Å². The standard InChI is InChI=1S/C10H15N3O3S/c1-8-9(7-14)10(12(2)11-8)13-3-5-17(15,16)6-4-13/h7H,3-6H2,1-2H3. The van der Waals surface area contributed by atoms with Crippen LogP contribution in [0.2, 0.25) is 0 Å². The van der Waals surface area contributed by atoms with Crippen LogP contribution < -0.4 is 4.90 Å². The van der Waals surface area contributed by atoms with E-state index in [2.05, 4.69) is 5.10 Å². The number of sulfone groups is 1. The first-order chi connectivity index (χ1) is 7.94. The van der Waals surface area contributed by atoms with Crippen LogP contribution in [0, 0.1) is 6.92 Å². The van der Waals surface area contributed by atoms with E-state index in [-0.39, 0.29) is 11.5 Å². The number of carbonyl (C=O) groups excluding carboxylic acids is 1. The lowest BCUT2D eigenvalue weighted by molar-refractivity contribution is 0.112. The number of rotatable bonds is 2. The number of anilines is 1. The van der Waals surface area contributed by atoms with Crippen LogP contribution in [0.3, 0.4) is 0 Å². The zero-order valence-electron chi connectivity index (χ0n) is 9.88. The SMILES string of the molecule is Cc1nn(C)c(N2CCS(=O)(=O)CC2)c1C=O. The number of aromatic nitrogens is 2. The van der Waals surface area contributed by atoms with Crippen LogP contribution in [0.1, 0.15) is 16.1 Å². The van der Waals surface area contributed by atoms with Gasteiger partial charge in [0, 0.05) is 20.1 Å². The Bertz CT molecular complexity index is 533. The minimum Gasteiger partial charge on any atom is -0.354 e. The van der Waals surface area contributed by atoms with Crippen LogP contribution >= 0.6 is 0 Å². The minimum atomic E-state index is -2.91. The molecule has 0 saturated carbocycles. The zero-order chi connectivity index (χ0) is 12.6. The molecule has 0 N–H and O–H groups in total. The van der Waals surface area contributed by atoms with Gasteiger partial charge in [-0.05, 0) is 6.92 Å². The Morgan fingerprint density at radius 2 is 1.88 bits per heavy atom. The van der Waals surface area contributed by atoms with Crippen molar-refractivity contribution in [3.63, 3.8) is 0 Å². The lowest BCUT2D eigenvalue weighted by Gasteiger charge is -2.28. The summed E-state index contributed by atoms with van der Waals surface area (Å²) < 4.78 is 24.3. The van der Waals surface area contributed by atoms with Gasteiger partial charge in [-0.3, -0.25) is 9.48 Å². The minimum absolute atomic E-state index is 0.134. The van der Waals surface area contributed by atoms with Gasteiger partial charge in [-0.25, -0.2) is 8.42 Å². The first-order valence-corrected chi connectivity index (χ1v) is 7.21.